The SMILES string of the molecule is O=C/C=C/c1cccc2cc3ccccc3cc12. The van der Waals surface area contributed by atoms with Crippen LogP contribution in [0.4, 0.5) is 0 Å². The van der Waals surface area contributed by atoms with Crippen molar-refractivity contribution >= 4 is 33.9 Å². The molecule has 0 aliphatic heterocycles. The van der Waals surface area contributed by atoms with E-state index >= 15 is 0 Å². The highest BCUT2D eigenvalue weighted by atomic mass is 16.1. The molecule has 1 nitrogen and oxygen atoms in total. The first-order chi connectivity index (χ1) is 8.88. The van der Waals surface area contributed by atoms with Crippen LogP contribution in [0.3, 0.4) is 0 Å². The maximum atomic E-state index is 10.4. The number of hydrogen-bond acceptors (Lipinski definition) is 1. The van der Waals surface area contributed by atoms with Gasteiger partial charge in [-0.05, 0) is 45.3 Å². The molecule has 0 bridgehead atoms. The average Bonchev–Trinajstić information content (AvgIpc) is 2.43. The molecule has 0 saturated heterocycles. The number of aldehydes is 1. The first kappa shape index (κ1) is 10.7. The van der Waals surface area contributed by atoms with E-state index in [2.05, 4.69) is 30.3 Å². The number of benzene rings is 3. The van der Waals surface area contributed by atoms with Gasteiger partial charge in [0.05, 0.1) is 0 Å². The van der Waals surface area contributed by atoms with Crippen LogP contribution in [-0.4, -0.2) is 6.29 Å². The molecule has 0 saturated carbocycles. The van der Waals surface area contributed by atoms with Gasteiger partial charge in [0, 0.05) is 0 Å². The molecular formula is C17H12O. The zero-order valence-corrected chi connectivity index (χ0v) is 9.84. The molecule has 0 aromatic heterocycles. The Morgan fingerprint density at radius 3 is 2.28 bits per heavy atom. The molecule has 0 N–H and O–H groups in total. The second-order valence-electron chi connectivity index (χ2n) is 4.26. The lowest BCUT2D eigenvalue weighted by atomic mass is 9.99. The van der Waals surface area contributed by atoms with Crippen LogP contribution in [0, 0.1) is 0 Å². The van der Waals surface area contributed by atoms with Gasteiger partial charge >= 0.3 is 0 Å². The summed E-state index contributed by atoms with van der Waals surface area (Å²) in [6.07, 6.45) is 4.19. The van der Waals surface area contributed by atoms with E-state index in [0.717, 1.165) is 11.8 Å². The summed E-state index contributed by atoms with van der Waals surface area (Å²) in [6.45, 7) is 0. The monoisotopic (exact) mass is 232 g/mol. The van der Waals surface area contributed by atoms with Crippen LogP contribution in [0.15, 0.2) is 60.7 Å². The summed E-state index contributed by atoms with van der Waals surface area (Å²) in [5.41, 5.74) is 1.07. The van der Waals surface area contributed by atoms with Gasteiger partial charge in [0.15, 0.2) is 0 Å². The molecule has 86 valence electrons. The number of hydrogen-bond donors (Lipinski definition) is 0. The van der Waals surface area contributed by atoms with E-state index in [-0.39, 0.29) is 0 Å². The molecule has 0 fully saturated rings. The maximum Gasteiger partial charge on any atom is 0.142 e. The molecule has 18 heavy (non-hydrogen) atoms. The van der Waals surface area contributed by atoms with Crippen LogP contribution < -0.4 is 0 Å². The van der Waals surface area contributed by atoms with Crippen molar-refractivity contribution in [2.75, 3.05) is 0 Å². The lowest BCUT2D eigenvalue weighted by Gasteiger charge is -2.05. The van der Waals surface area contributed by atoms with Gasteiger partial charge in [0.25, 0.3) is 0 Å². The van der Waals surface area contributed by atoms with Crippen molar-refractivity contribution in [2.24, 2.45) is 0 Å². The Hall–Kier alpha value is -2.41. The number of carbonyl (C=O) groups is 1. The molecule has 0 aliphatic rings. The largest absolute Gasteiger partial charge is 0.299 e. The van der Waals surface area contributed by atoms with Gasteiger partial charge in [0.1, 0.15) is 6.29 Å². The summed E-state index contributed by atoms with van der Waals surface area (Å²) < 4.78 is 0. The molecule has 0 aliphatic carbocycles. The molecule has 0 heterocycles. The average molecular weight is 232 g/mol. The molecule has 3 aromatic carbocycles. The minimum Gasteiger partial charge on any atom is -0.299 e. The first-order valence-electron chi connectivity index (χ1n) is 5.92. The van der Waals surface area contributed by atoms with E-state index in [1.54, 1.807) is 0 Å². The molecule has 0 atom stereocenters. The number of rotatable bonds is 2. The van der Waals surface area contributed by atoms with Crippen LogP contribution in [0.1, 0.15) is 5.56 Å². The summed E-state index contributed by atoms with van der Waals surface area (Å²) in [6, 6.07) is 18.8. The fourth-order valence-electron chi connectivity index (χ4n) is 2.28. The van der Waals surface area contributed by atoms with Crippen molar-refractivity contribution in [1.29, 1.82) is 0 Å². The van der Waals surface area contributed by atoms with Gasteiger partial charge in [-0.25, -0.2) is 0 Å². The highest BCUT2D eigenvalue weighted by Gasteiger charge is 2.00. The Kier molecular flexibility index (Phi) is 2.66. The number of carbonyl (C=O) groups excluding carboxylic acids is 1. The van der Waals surface area contributed by atoms with Crippen molar-refractivity contribution in [3.63, 3.8) is 0 Å². The van der Waals surface area contributed by atoms with E-state index in [4.69, 9.17) is 0 Å². The van der Waals surface area contributed by atoms with Crippen LogP contribution in [0.25, 0.3) is 27.6 Å². The van der Waals surface area contributed by atoms with E-state index < -0.39 is 0 Å². The summed E-state index contributed by atoms with van der Waals surface area (Å²) in [7, 11) is 0. The number of allylic oxidation sites excluding steroid dienone is 1. The van der Waals surface area contributed by atoms with E-state index in [9.17, 15) is 4.79 Å². The molecule has 3 aromatic rings. The fraction of sp³-hybridized carbons (Fsp3) is 0. The molecule has 0 amide bonds. The van der Waals surface area contributed by atoms with Gasteiger partial charge < -0.3 is 0 Å². The van der Waals surface area contributed by atoms with Gasteiger partial charge in [-0.2, -0.15) is 0 Å². The smallest absolute Gasteiger partial charge is 0.142 e. The van der Waals surface area contributed by atoms with Crippen molar-refractivity contribution in [3.8, 4) is 0 Å². The maximum absolute atomic E-state index is 10.4. The third-order valence-corrected chi connectivity index (χ3v) is 3.13. The highest BCUT2D eigenvalue weighted by Crippen LogP contribution is 2.26. The zero-order chi connectivity index (χ0) is 12.4. The zero-order valence-electron chi connectivity index (χ0n) is 9.84. The summed E-state index contributed by atoms with van der Waals surface area (Å²) in [5.74, 6) is 0. The Bertz CT molecular complexity index is 754. The predicted molar refractivity (Wildman–Crippen MR) is 76.6 cm³/mol. The van der Waals surface area contributed by atoms with Gasteiger partial charge in [-0.15, -0.1) is 0 Å². The molecule has 0 spiro atoms. The summed E-state index contributed by atoms with van der Waals surface area (Å²) in [5, 5.41) is 4.83. The van der Waals surface area contributed by atoms with Crippen LogP contribution in [-0.2, 0) is 4.79 Å². The van der Waals surface area contributed by atoms with Gasteiger partial charge in [-0.1, -0.05) is 48.5 Å². The number of fused-ring (bicyclic) bond motifs is 2. The Balaban J connectivity index is 2.35. The molecule has 1 heteroatoms. The van der Waals surface area contributed by atoms with Gasteiger partial charge in [-0.3, -0.25) is 4.79 Å². The Morgan fingerprint density at radius 1 is 0.778 bits per heavy atom. The molecular weight excluding hydrogens is 220 g/mol. The van der Waals surface area contributed by atoms with Crippen molar-refractivity contribution in [3.05, 3.63) is 66.2 Å². The lowest BCUT2D eigenvalue weighted by Crippen LogP contribution is -1.80. The van der Waals surface area contributed by atoms with Gasteiger partial charge in [0.2, 0.25) is 0 Å². The van der Waals surface area contributed by atoms with Crippen molar-refractivity contribution in [2.45, 2.75) is 0 Å². The highest BCUT2D eigenvalue weighted by molar-refractivity contribution is 6.02. The normalized spacial score (nSPS) is 11.3. The second-order valence-corrected chi connectivity index (χ2v) is 4.26. The quantitative estimate of drug-likeness (QED) is 0.367. The van der Waals surface area contributed by atoms with Crippen LogP contribution in [0.5, 0.6) is 0 Å². The lowest BCUT2D eigenvalue weighted by molar-refractivity contribution is -0.104. The van der Waals surface area contributed by atoms with Crippen molar-refractivity contribution < 1.29 is 4.79 Å². The van der Waals surface area contributed by atoms with Crippen LogP contribution in [0.2, 0.25) is 0 Å². The van der Waals surface area contributed by atoms with E-state index in [0.29, 0.717) is 0 Å². The summed E-state index contributed by atoms with van der Waals surface area (Å²) in [4.78, 5) is 10.4. The minimum absolute atomic E-state index is 0.805. The summed E-state index contributed by atoms with van der Waals surface area (Å²) >= 11 is 0. The fourth-order valence-corrected chi connectivity index (χ4v) is 2.28. The third-order valence-electron chi connectivity index (χ3n) is 3.13. The third kappa shape index (κ3) is 1.80. The molecule has 3 rings (SSSR count). The predicted octanol–water partition coefficient (Wildman–Crippen LogP) is 4.21. The van der Waals surface area contributed by atoms with Crippen molar-refractivity contribution in [1.82, 2.24) is 0 Å². The van der Waals surface area contributed by atoms with E-state index in [1.165, 1.54) is 27.6 Å². The van der Waals surface area contributed by atoms with E-state index in [1.807, 2.05) is 30.3 Å². The minimum atomic E-state index is 0.805. The Morgan fingerprint density at radius 2 is 1.50 bits per heavy atom. The first-order valence-corrected chi connectivity index (χ1v) is 5.92. The Labute approximate surface area is 105 Å². The topological polar surface area (TPSA) is 17.1 Å². The second kappa shape index (κ2) is 4.46. The standard InChI is InChI=1S/C17H12O/c18-10-4-9-13-7-3-8-16-11-14-5-1-2-6-15(14)12-17(13)16/h1-12H/b9-4+. The molecule has 0 unspecified atom stereocenters. The van der Waals surface area contributed by atoms with Crippen LogP contribution >= 0.6 is 0 Å². The molecule has 0 radical (unpaired) electrons.